The Kier molecular flexibility index (Phi) is 7.13. The normalized spacial score (nSPS) is 15.8. The number of hydrogen-bond acceptors (Lipinski definition) is 5. The standard InChI is InChI=1S/C28H30ClNO5/c1-28(2,3)35-27(33)30-14-13-21-22(15-24(31)26(32)25(21)29)23(16-30)19-9-11-20(12-10-19)34-17-18-7-5-4-6-8-18/h4-12,15,23,31-32H,13-14,16-17H2,1-3H3. The van der Waals surface area contributed by atoms with Gasteiger partial charge in [-0.1, -0.05) is 54.1 Å². The highest BCUT2D eigenvalue weighted by atomic mass is 35.5. The number of carbonyl (C=O) groups excluding carboxylic acids is 1. The Morgan fingerprint density at radius 1 is 1.09 bits per heavy atom. The lowest BCUT2D eigenvalue weighted by molar-refractivity contribution is 0.0251. The van der Waals surface area contributed by atoms with Crippen LogP contribution in [0.25, 0.3) is 0 Å². The maximum Gasteiger partial charge on any atom is 0.410 e. The smallest absolute Gasteiger partial charge is 0.410 e. The van der Waals surface area contributed by atoms with Crippen LogP contribution in [0.5, 0.6) is 17.2 Å². The molecule has 1 unspecified atom stereocenters. The first-order valence-electron chi connectivity index (χ1n) is 11.6. The first-order valence-corrected chi connectivity index (χ1v) is 12.0. The van der Waals surface area contributed by atoms with Crippen LogP contribution in [0.3, 0.4) is 0 Å². The third-order valence-corrected chi connectivity index (χ3v) is 6.36. The molecule has 1 heterocycles. The number of rotatable bonds is 4. The van der Waals surface area contributed by atoms with E-state index in [-0.39, 0.29) is 22.4 Å². The quantitative estimate of drug-likeness (QED) is 0.418. The highest BCUT2D eigenvalue weighted by Gasteiger charge is 2.32. The molecule has 7 heteroatoms. The largest absolute Gasteiger partial charge is 0.504 e. The Labute approximate surface area is 210 Å². The minimum Gasteiger partial charge on any atom is -0.504 e. The zero-order chi connectivity index (χ0) is 25.2. The summed E-state index contributed by atoms with van der Waals surface area (Å²) in [7, 11) is 0. The predicted molar refractivity (Wildman–Crippen MR) is 135 cm³/mol. The average Bonchev–Trinajstić information content (AvgIpc) is 3.01. The van der Waals surface area contributed by atoms with Gasteiger partial charge in [-0.15, -0.1) is 0 Å². The number of aromatic hydroxyl groups is 2. The van der Waals surface area contributed by atoms with E-state index in [4.69, 9.17) is 21.1 Å². The van der Waals surface area contributed by atoms with Crippen molar-refractivity contribution in [1.82, 2.24) is 4.90 Å². The summed E-state index contributed by atoms with van der Waals surface area (Å²) in [5.74, 6) is -0.193. The summed E-state index contributed by atoms with van der Waals surface area (Å²) in [4.78, 5) is 14.6. The number of nitrogens with zero attached hydrogens (tertiary/aromatic N) is 1. The Morgan fingerprint density at radius 2 is 1.77 bits per heavy atom. The van der Waals surface area contributed by atoms with Gasteiger partial charge in [0.1, 0.15) is 18.0 Å². The van der Waals surface area contributed by atoms with Gasteiger partial charge in [-0.25, -0.2) is 4.79 Å². The van der Waals surface area contributed by atoms with Crippen molar-refractivity contribution in [2.24, 2.45) is 0 Å². The van der Waals surface area contributed by atoms with Gasteiger partial charge in [0, 0.05) is 19.0 Å². The van der Waals surface area contributed by atoms with E-state index in [9.17, 15) is 15.0 Å². The zero-order valence-corrected chi connectivity index (χ0v) is 20.9. The molecule has 0 bridgehead atoms. The Morgan fingerprint density at radius 3 is 2.43 bits per heavy atom. The van der Waals surface area contributed by atoms with Gasteiger partial charge in [-0.3, -0.25) is 0 Å². The molecule has 0 fully saturated rings. The Balaban J connectivity index is 1.64. The molecule has 3 aromatic carbocycles. The summed E-state index contributed by atoms with van der Waals surface area (Å²) in [5.41, 5.74) is 2.86. The molecule has 0 aliphatic carbocycles. The van der Waals surface area contributed by atoms with Gasteiger partial charge in [0.2, 0.25) is 0 Å². The minimum atomic E-state index is -0.627. The molecular weight excluding hydrogens is 466 g/mol. The van der Waals surface area contributed by atoms with Gasteiger partial charge >= 0.3 is 6.09 Å². The minimum absolute atomic E-state index is 0.110. The van der Waals surface area contributed by atoms with Crippen LogP contribution in [0.15, 0.2) is 60.7 Å². The van der Waals surface area contributed by atoms with Crippen molar-refractivity contribution in [3.05, 3.63) is 87.9 Å². The van der Waals surface area contributed by atoms with E-state index in [0.29, 0.717) is 31.7 Å². The summed E-state index contributed by atoms with van der Waals surface area (Å²) in [6.07, 6.45) is 0.0124. The van der Waals surface area contributed by atoms with Crippen molar-refractivity contribution >= 4 is 17.7 Å². The van der Waals surface area contributed by atoms with Crippen molar-refractivity contribution in [2.45, 2.75) is 45.3 Å². The molecule has 1 aliphatic heterocycles. The summed E-state index contributed by atoms with van der Waals surface area (Å²) < 4.78 is 11.5. The number of ether oxygens (including phenoxy) is 2. The van der Waals surface area contributed by atoms with Crippen LogP contribution in [0.1, 0.15) is 48.9 Å². The van der Waals surface area contributed by atoms with E-state index in [0.717, 1.165) is 22.4 Å². The Hall–Kier alpha value is -3.38. The zero-order valence-electron chi connectivity index (χ0n) is 20.1. The van der Waals surface area contributed by atoms with E-state index in [2.05, 4.69) is 0 Å². The maximum absolute atomic E-state index is 12.9. The molecule has 3 aromatic rings. The van der Waals surface area contributed by atoms with Crippen LogP contribution < -0.4 is 4.74 Å². The van der Waals surface area contributed by atoms with E-state index in [1.54, 1.807) is 11.0 Å². The molecule has 1 amide bonds. The summed E-state index contributed by atoms with van der Waals surface area (Å²) in [6.45, 7) is 6.66. The SMILES string of the molecule is CC(C)(C)OC(=O)N1CCc2c(cc(O)c(O)c2Cl)C(c2ccc(OCc3ccccc3)cc2)C1. The van der Waals surface area contributed by atoms with Crippen molar-refractivity contribution in [3.8, 4) is 17.2 Å². The van der Waals surface area contributed by atoms with E-state index in [1.165, 1.54) is 0 Å². The molecule has 6 nitrogen and oxygen atoms in total. The van der Waals surface area contributed by atoms with Crippen LogP contribution in [-0.4, -0.2) is 39.9 Å². The number of phenols is 2. The first-order chi connectivity index (χ1) is 16.6. The highest BCUT2D eigenvalue weighted by Crippen LogP contribution is 2.44. The van der Waals surface area contributed by atoms with Gasteiger partial charge in [-0.2, -0.15) is 0 Å². The third-order valence-electron chi connectivity index (χ3n) is 5.95. The number of benzene rings is 3. The topological polar surface area (TPSA) is 79.2 Å². The molecule has 0 radical (unpaired) electrons. The van der Waals surface area contributed by atoms with Gasteiger partial charge in [0.15, 0.2) is 11.5 Å². The van der Waals surface area contributed by atoms with Gasteiger partial charge in [0.25, 0.3) is 0 Å². The highest BCUT2D eigenvalue weighted by molar-refractivity contribution is 6.33. The van der Waals surface area contributed by atoms with Crippen LogP contribution in [0.2, 0.25) is 5.02 Å². The van der Waals surface area contributed by atoms with Crippen LogP contribution in [0, 0.1) is 0 Å². The van der Waals surface area contributed by atoms with Crippen molar-refractivity contribution < 1.29 is 24.5 Å². The maximum atomic E-state index is 12.9. The number of phenolic OH excluding ortho intramolecular Hbond substituents is 2. The first kappa shape index (κ1) is 24.7. The average molecular weight is 496 g/mol. The lowest BCUT2D eigenvalue weighted by Crippen LogP contribution is -2.39. The second-order valence-corrected chi connectivity index (χ2v) is 10.1. The molecule has 1 aliphatic rings. The number of carbonyl (C=O) groups is 1. The van der Waals surface area contributed by atoms with Gasteiger partial charge < -0.3 is 24.6 Å². The van der Waals surface area contributed by atoms with E-state index >= 15 is 0 Å². The van der Waals surface area contributed by atoms with Gasteiger partial charge in [0.05, 0.1) is 5.02 Å². The molecule has 0 spiro atoms. The molecule has 35 heavy (non-hydrogen) atoms. The monoisotopic (exact) mass is 495 g/mol. The fraction of sp³-hybridized carbons (Fsp3) is 0.321. The van der Waals surface area contributed by atoms with Crippen LogP contribution in [-0.2, 0) is 17.8 Å². The lowest BCUT2D eigenvalue weighted by Gasteiger charge is -2.29. The van der Waals surface area contributed by atoms with Gasteiger partial charge in [-0.05, 0) is 67.6 Å². The fourth-order valence-electron chi connectivity index (χ4n) is 4.22. The molecule has 0 saturated carbocycles. The summed E-state index contributed by atoms with van der Waals surface area (Å²) >= 11 is 6.44. The fourth-order valence-corrected chi connectivity index (χ4v) is 4.52. The van der Waals surface area contributed by atoms with E-state index in [1.807, 2.05) is 75.4 Å². The number of fused-ring (bicyclic) bond motifs is 1. The van der Waals surface area contributed by atoms with Crippen LogP contribution >= 0.6 is 11.6 Å². The van der Waals surface area contributed by atoms with E-state index < -0.39 is 11.7 Å². The molecule has 0 aromatic heterocycles. The second-order valence-electron chi connectivity index (χ2n) is 9.70. The second kappa shape index (κ2) is 10.1. The van der Waals surface area contributed by atoms with Crippen LogP contribution in [0.4, 0.5) is 4.79 Å². The Bertz CT molecular complexity index is 1190. The molecule has 0 saturated heterocycles. The lowest BCUT2D eigenvalue weighted by atomic mass is 9.87. The van der Waals surface area contributed by atoms with Crippen molar-refractivity contribution in [2.75, 3.05) is 13.1 Å². The number of hydrogen-bond donors (Lipinski definition) is 2. The predicted octanol–water partition coefficient (Wildman–Crippen LogP) is 6.26. The third kappa shape index (κ3) is 5.82. The molecular formula is C28H30ClNO5. The summed E-state index contributed by atoms with van der Waals surface area (Å²) in [6, 6.07) is 19.1. The van der Waals surface area contributed by atoms with Crippen molar-refractivity contribution in [3.63, 3.8) is 0 Å². The molecule has 184 valence electrons. The molecule has 1 atom stereocenters. The molecule has 2 N–H and O–H groups in total. The number of amides is 1. The van der Waals surface area contributed by atoms with Crippen molar-refractivity contribution in [1.29, 1.82) is 0 Å². The summed E-state index contributed by atoms with van der Waals surface area (Å²) in [5, 5.41) is 20.6. The number of halogens is 1. The molecule has 4 rings (SSSR count).